The smallest absolute Gasteiger partial charge is 0.0654 e. The molecular formula is C18H24Br2Si2. The van der Waals surface area contributed by atoms with Gasteiger partial charge in [0.1, 0.15) is 0 Å². The minimum atomic E-state index is -1.35. The Bertz CT molecular complexity index is 559. The highest BCUT2D eigenvalue weighted by atomic mass is 79.9. The van der Waals surface area contributed by atoms with E-state index in [4.69, 9.17) is 0 Å². The molecule has 0 aliphatic rings. The molecule has 0 unspecified atom stereocenters. The molecule has 0 fully saturated rings. The van der Waals surface area contributed by atoms with Crippen LogP contribution in [0.25, 0.3) is 0 Å². The number of rotatable bonds is 5. The lowest BCUT2D eigenvalue weighted by atomic mass is 10.4. The summed E-state index contributed by atoms with van der Waals surface area (Å²) in [7, 11) is -2.70. The van der Waals surface area contributed by atoms with E-state index in [0.717, 1.165) is 0 Å². The molecule has 22 heavy (non-hydrogen) atoms. The Labute approximate surface area is 153 Å². The van der Waals surface area contributed by atoms with Crippen LogP contribution >= 0.6 is 31.9 Å². The third-order valence-electron chi connectivity index (χ3n) is 4.63. The summed E-state index contributed by atoms with van der Waals surface area (Å²) >= 11 is 7.08. The lowest BCUT2D eigenvalue weighted by Crippen LogP contribution is -2.47. The fourth-order valence-corrected chi connectivity index (χ4v) is 11.0. The maximum atomic E-state index is 3.54. The Kier molecular flexibility index (Phi) is 5.92. The zero-order valence-electron chi connectivity index (χ0n) is 13.8. The van der Waals surface area contributed by atoms with E-state index in [0.29, 0.717) is 0 Å². The van der Waals surface area contributed by atoms with Crippen LogP contribution in [0.3, 0.4) is 0 Å². The van der Waals surface area contributed by atoms with E-state index in [1.165, 1.54) is 21.0 Å². The van der Waals surface area contributed by atoms with Gasteiger partial charge in [0, 0.05) is 8.95 Å². The maximum Gasteiger partial charge on any atom is 0.0803 e. The van der Waals surface area contributed by atoms with Crippen LogP contribution in [-0.4, -0.2) is 16.1 Å². The van der Waals surface area contributed by atoms with Gasteiger partial charge in [-0.15, -0.1) is 0 Å². The van der Waals surface area contributed by atoms with E-state index < -0.39 is 16.1 Å². The molecule has 2 aromatic carbocycles. The van der Waals surface area contributed by atoms with Crippen molar-refractivity contribution in [3.8, 4) is 0 Å². The Balaban J connectivity index is 2.10. The zero-order valence-corrected chi connectivity index (χ0v) is 19.0. The number of benzene rings is 2. The highest BCUT2D eigenvalue weighted by molar-refractivity contribution is 9.10. The van der Waals surface area contributed by atoms with Gasteiger partial charge in [0.25, 0.3) is 0 Å². The molecule has 0 aliphatic carbocycles. The van der Waals surface area contributed by atoms with Crippen molar-refractivity contribution in [2.24, 2.45) is 0 Å². The van der Waals surface area contributed by atoms with Crippen molar-refractivity contribution in [2.45, 2.75) is 38.3 Å². The summed E-state index contributed by atoms with van der Waals surface area (Å²) in [6.45, 7) is 10.0. The van der Waals surface area contributed by atoms with Crippen molar-refractivity contribution in [1.29, 1.82) is 0 Å². The normalized spacial score (nSPS) is 12.5. The summed E-state index contributed by atoms with van der Waals surface area (Å²) in [5.74, 6) is 0. The highest BCUT2D eigenvalue weighted by Gasteiger charge is 2.29. The van der Waals surface area contributed by atoms with Gasteiger partial charge in [-0.1, -0.05) is 105 Å². The van der Waals surface area contributed by atoms with Crippen molar-refractivity contribution in [3.05, 3.63) is 57.5 Å². The number of hydrogen-bond acceptors (Lipinski definition) is 0. The molecule has 0 N–H and O–H groups in total. The lowest BCUT2D eigenvalue weighted by Gasteiger charge is -2.29. The fourth-order valence-electron chi connectivity index (χ4n) is 2.72. The van der Waals surface area contributed by atoms with E-state index in [-0.39, 0.29) is 0 Å². The van der Waals surface area contributed by atoms with Crippen LogP contribution in [0.15, 0.2) is 57.5 Å². The molecule has 0 saturated carbocycles. The van der Waals surface area contributed by atoms with Gasteiger partial charge >= 0.3 is 0 Å². The molecule has 4 heteroatoms. The quantitative estimate of drug-likeness (QED) is 0.504. The molecule has 0 heterocycles. The molecule has 0 aliphatic heterocycles. The van der Waals surface area contributed by atoms with Crippen LogP contribution in [0.2, 0.25) is 38.3 Å². The Morgan fingerprint density at radius 2 is 0.864 bits per heavy atom. The van der Waals surface area contributed by atoms with Crippen LogP contribution in [-0.2, 0) is 0 Å². The largest absolute Gasteiger partial charge is 0.0803 e. The molecule has 2 aromatic rings. The van der Waals surface area contributed by atoms with Crippen molar-refractivity contribution in [1.82, 2.24) is 0 Å². The predicted octanol–water partition coefficient (Wildman–Crippen LogP) is 5.74. The summed E-state index contributed by atoms with van der Waals surface area (Å²) in [5.41, 5.74) is 0. The fraction of sp³-hybridized carbons (Fsp3) is 0.333. The van der Waals surface area contributed by atoms with E-state index in [1.54, 1.807) is 10.4 Å². The van der Waals surface area contributed by atoms with Gasteiger partial charge in [-0.05, 0) is 24.3 Å². The second kappa shape index (κ2) is 7.16. The lowest BCUT2D eigenvalue weighted by molar-refractivity contribution is 1.29. The summed E-state index contributed by atoms with van der Waals surface area (Å²) in [6.07, 6.45) is 0. The molecule has 0 bridgehead atoms. The standard InChI is InChI=1S/C18H24Br2Si2/c1-21(2,17-9-5-15(19)6-10-17)13-14-22(3,4)18-11-7-16(20)8-12-18/h5-12H,13-14H2,1-4H3. The Morgan fingerprint density at radius 1 is 0.591 bits per heavy atom. The third-order valence-corrected chi connectivity index (χ3v) is 13.0. The molecule has 0 saturated heterocycles. The summed E-state index contributed by atoms with van der Waals surface area (Å²) in [5, 5.41) is 3.13. The molecule has 0 radical (unpaired) electrons. The first-order valence-corrected chi connectivity index (χ1v) is 15.7. The first-order chi connectivity index (χ1) is 10.2. The average molecular weight is 456 g/mol. The molecule has 0 nitrogen and oxygen atoms in total. The van der Waals surface area contributed by atoms with E-state index >= 15 is 0 Å². The third kappa shape index (κ3) is 4.67. The van der Waals surface area contributed by atoms with Crippen LogP contribution < -0.4 is 10.4 Å². The SMILES string of the molecule is C[Si](C)(CC[Si](C)(C)c1ccc(Br)cc1)c1ccc(Br)cc1. The van der Waals surface area contributed by atoms with Crippen molar-refractivity contribution in [2.75, 3.05) is 0 Å². The van der Waals surface area contributed by atoms with Crippen LogP contribution in [0.5, 0.6) is 0 Å². The first kappa shape index (κ1) is 18.2. The van der Waals surface area contributed by atoms with E-state index in [2.05, 4.69) is 107 Å². The van der Waals surface area contributed by atoms with E-state index in [1.807, 2.05) is 0 Å². The minimum Gasteiger partial charge on any atom is -0.0654 e. The summed E-state index contributed by atoms with van der Waals surface area (Å²) in [4.78, 5) is 0. The molecule has 0 amide bonds. The van der Waals surface area contributed by atoms with Crippen LogP contribution in [0, 0.1) is 0 Å². The van der Waals surface area contributed by atoms with Crippen LogP contribution in [0.1, 0.15) is 0 Å². The molecule has 0 spiro atoms. The van der Waals surface area contributed by atoms with Crippen molar-refractivity contribution < 1.29 is 0 Å². The first-order valence-electron chi connectivity index (χ1n) is 7.73. The molecule has 2 rings (SSSR count). The number of halogens is 2. The highest BCUT2D eigenvalue weighted by Crippen LogP contribution is 2.22. The maximum absolute atomic E-state index is 3.54. The molecule has 0 atom stereocenters. The summed E-state index contributed by atoms with van der Waals surface area (Å²) in [6, 6.07) is 20.7. The van der Waals surface area contributed by atoms with Crippen LogP contribution in [0.4, 0.5) is 0 Å². The Morgan fingerprint density at radius 3 is 1.14 bits per heavy atom. The second-order valence-electron chi connectivity index (χ2n) is 7.28. The molecule has 118 valence electrons. The average Bonchev–Trinajstić information content (AvgIpc) is 2.46. The predicted molar refractivity (Wildman–Crippen MR) is 112 cm³/mol. The summed E-state index contributed by atoms with van der Waals surface area (Å²) < 4.78 is 2.34. The van der Waals surface area contributed by atoms with Gasteiger partial charge in [0.05, 0.1) is 16.1 Å². The molecular weight excluding hydrogens is 432 g/mol. The number of hydrogen-bond donors (Lipinski definition) is 0. The van der Waals surface area contributed by atoms with Gasteiger partial charge in [0.2, 0.25) is 0 Å². The Hall–Kier alpha value is -0.166. The topological polar surface area (TPSA) is 0 Å². The monoisotopic (exact) mass is 454 g/mol. The van der Waals surface area contributed by atoms with Gasteiger partial charge in [0.15, 0.2) is 0 Å². The van der Waals surface area contributed by atoms with Gasteiger partial charge in [-0.25, -0.2) is 0 Å². The van der Waals surface area contributed by atoms with E-state index in [9.17, 15) is 0 Å². The minimum absolute atomic E-state index is 1.17. The van der Waals surface area contributed by atoms with Gasteiger partial charge in [-0.2, -0.15) is 0 Å². The van der Waals surface area contributed by atoms with Gasteiger partial charge < -0.3 is 0 Å². The van der Waals surface area contributed by atoms with Gasteiger partial charge in [-0.3, -0.25) is 0 Å². The second-order valence-corrected chi connectivity index (χ2v) is 18.8. The molecule has 0 aromatic heterocycles. The van der Waals surface area contributed by atoms with Crippen molar-refractivity contribution in [3.63, 3.8) is 0 Å². The van der Waals surface area contributed by atoms with Crippen molar-refractivity contribution >= 4 is 58.4 Å². The zero-order chi connectivity index (χ0) is 16.4.